The molecule has 0 fully saturated rings. The van der Waals surface area contributed by atoms with Gasteiger partial charge in [0.05, 0.1) is 0 Å². The number of carbonyl (C=O) groups excluding carboxylic acids is 1. The Morgan fingerprint density at radius 2 is 2.17 bits per heavy atom. The lowest BCUT2D eigenvalue weighted by Crippen LogP contribution is -2.30. The largest absolute Gasteiger partial charge is 0.274 e. The number of halogens is 2. The monoisotopic (exact) mass is 291 g/mol. The molecule has 0 aliphatic heterocycles. The van der Waals surface area contributed by atoms with E-state index in [9.17, 15) is 17.6 Å². The predicted octanol–water partition coefficient (Wildman–Crippen LogP) is 2.25. The molecule has 18 heavy (non-hydrogen) atoms. The summed E-state index contributed by atoms with van der Waals surface area (Å²) >= 11 is 5.51. The molecule has 4 nitrogen and oxygen atoms in total. The van der Waals surface area contributed by atoms with E-state index < -0.39 is 26.6 Å². The first-order chi connectivity index (χ1) is 8.36. The molecule has 0 saturated heterocycles. The zero-order chi connectivity index (χ0) is 13.8. The summed E-state index contributed by atoms with van der Waals surface area (Å²) in [4.78, 5) is 10.7. The second-order valence-corrected chi connectivity index (χ2v) is 5.52. The van der Waals surface area contributed by atoms with Crippen LogP contribution in [0.15, 0.2) is 35.7 Å². The van der Waals surface area contributed by atoms with Gasteiger partial charge in [-0.15, -0.1) is 6.58 Å². The van der Waals surface area contributed by atoms with Crippen LogP contribution in [-0.4, -0.2) is 14.3 Å². The van der Waals surface area contributed by atoms with Crippen molar-refractivity contribution < 1.29 is 17.6 Å². The summed E-state index contributed by atoms with van der Waals surface area (Å²) in [6, 6.07) is 3.10. The van der Waals surface area contributed by atoms with Crippen LogP contribution in [0.4, 0.5) is 4.39 Å². The van der Waals surface area contributed by atoms with Gasteiger partial charge in [-0.25, -0.2) is 17.5 Å². The molecule has 7 heteroatoms. The number of benzene rings is 1. The number of hydrogen-bond acceptors (Lipinski definition) is 3. The Balaban J connectivity index is 2.93. The molecule has 0 spiro atoms. The second kappa shape index (κ2) is 5.97. The molecule has 1 rings (SSSR count). The molecule has 0 aliphatic rings. The SMILES string of the molecule is C=CCCC(=O)NS(=O)(=O)c1ccc(Cl)cc1F. The van der Waals surface area contributed by atoms with Crippen LogP contribution in [0.1, 0.15) is 12.8 Å². The highest BCUT2D eigenvalue weighted by Gasteiger charge is 2.21. The van der Waals surface area contributed by atoms with Crippen LogP contribution in [0.25, 0.3) is 0 Å². The minimum absolute atomic E-state index is 0.0298. The van der Waals surface area contributed by atoms with Gasteiger partial charge in [0.25, 0.3) is 10.0 Å². The minimum atomic E-state index is -4.20. The molecular formula is C11H11ClFNO3S. The van der Waals surface area contributed by atoms with E-state index in [4.69, 9.17) is 11.6 Å². The van der Waals surface area contributed by atoms with Gasteiger partial charge in [0.1, 0.15) is 10.7 Å². The zero-order valence-electron chi connectivity index (χ0n) is 9.32. The fourth-order valence-electron chi connectivity index (χ4n) is 1.18. The molecule has 0 atom stereocenters. The normalized spacial score (nSPS) is 11.0. The maximum atomic E-state index is 13.4. The third kappa shape index (κ3) is 3.82. The standard InChI is InChI=1S/C11H11ClFNO3S/c1-2-3-4-11(15)14-18(16,17)10-6-5-8(12)7-9(10)13/h2,5-7H,1,3-4H2,(H,14,15). The van der Waals surface area contributed by atoms with Gasteiger partial charge in [0.15, 0.2) is 0 Å². The van der Waals surface area contributed by atoms with Gasteiger partial charge in [0.2, 0.25) is 5.91 Å². The quantitative estimate of drug-likeness (QED) is 0.846. The van der Waals surface area contributed by atoms with E-state index in [2.05, 4.69) is 6.58 Å². The molecule has 0 aromatic heterocycles. The molecule has 98 valence electrons. The number of amides is 1. The summed E-state index contributed by atoms with van der Waals surface area (Å²) in [6.45, 7) is 3.41. The lowest BCUT2D eigenvalue weighted by Gasteiger charge is -2.07. The fraction of sp³-hybridized carbons (Fsp3) is 0.182. The Bertz CT molecular complexity index is 572. The zero-order valence-corrected chi connectivity index (χ0v) is 10.9. The van der Waals surface area contributed by atoms with Crippen LogP contribution in [0.3, 0.4) is 0 Å². The van der Waals surface area contributed by atoms with Crippen molar-refractivity contribution in [2.24, 2.45) is 0 Å². The summed E-state index contributed by atoms with van der Waals surface area (Å²) in [5, 5.41) is 0.0735. The summed E-state index contributed by atoms with van der Waals surface area (Å²) in [5.74, 6) is -1.73. The maximum absolute atomic E-state index is 13.4. The summed E-state index contributed by atoms with van der Waals surface area (Å²) in [5.41, 5.74) is 0. The highest BCUT2D eigenvalue weighted by molar-refractivity contribution is 7.90. The van der Waals surface area contributed by atoms with Crippen LogP contribution >= 0.6 is 11.6 Å². The second-order valence-electron chi connectivity index (χ2n) is 3.43. The first-order valence-electron chi connectivity index (χ1n) is 4.98. The van der Waals surface area contributed by atoms with Crippen LogP contribution < -0.4 is 4.72 Å². The van der Waals surface area contributed by atoms with Crippen molar-refractivity contribution in [1.29, 1.82) is 0 Å². The van der Waals surface area contributed by atoms with Gasteiger partial charge >= 0.3 is 0 Å². The molecule has 1 aromatic carbocycles. The first-order valence-corrected chi connectivity index (χ1v) is 6.84. The van der Waals surface area contributed by atoms with E-state index >= 15 is 0 Å². The molecule has 0 unspecified atom stereocenters. The Labute approximate surface area is 110 Å². The first kappa shape index (κ1) is 14.7. The molecular weight excluding hydrogens is 281 g/mol. The van der Waals surface area contributed by atoms with Crippen molar-refractivity contribution in [3.05, 3.63) is 41.7 Å². The highest BCUT2D eigenvalue weighted by atomic mass is 35.5. The van der Waals surface area contributed by atoms with E-state index in [0.29, 0.717) is 6.42 Å². The molecule has 1 N–H and O–H groups in total. The van der Waals surface area contributed by atoms with Crippen molar-refractivity contribution in [2.75, 3.05) is 0 Å². The van der Waals surface area contributed by atoms with Gasteiger partial charge in [-0.05, 0) is 24.6 Å². The fourth-order valence-corrected chi connectivity index (χ4v) is 2.42. The van der Waals surface area contributed by atoms with Crippen LogP contribution in [0, 0.1) is 5.82 Å². The van der Waals surface area contributed by atoms with Crippen molar-refractivity contribution in [1.82, 2.24) is 4.72 Å². The molecule has 0 radical (unpaired) electrons. The van der Waals surface area contributed by atoms with Gasteiger partial charge < -0.3 is 0 Å². The van der Waals surface area contributed by atoms with Gasteiger partial charge in [-0.1, -0.05) is 17.7 Å². The Kier molecular flexibility index (Phi) is 4.86. The van der Waals surface area contributed by atoms with Gasteiger partial charge in [-0.3, -0.25) is 4.79 Å². The van der Waals surface area contributed by atoms with E-state index in [1.807, 2.05) is 0 Å². The smallest absolute Gasteiger partial charge is 0.266 e. The Morgan fingerprint density at radius 1 is 1.50 bits per heavy atom. The number of rotatable bonds is 5. The Hall–Kier alpha value is -1.40. The number of allylic oxidation sites excluding steroid dienone is 1. The Morgan fingerprint density at radius 3 is 2.72 bits per heavy atom. The van der Waals surface area contributed by atoms with Crippen molar-refractivity contribution >= 4 is 27.5 Å². The summed E-state index contributed by atoms with van der Waals surface area (Å²) in [7, 11) is -4.20. The average Bonchev–Trinajstić information content (AvgIpc) is 2.25. The van der Waals surface area contributed by atoms with Crippen LogP contribution in [-0.2, 0) is 14.8 Å². The van der Waals surface area contributed by atoms with Crippen molar-refractivity contribution in [3.63, 3.8) is 0 Å². The number of hydrogen-bond donors (Lipinski definition) is 1. The highest BCUT2D eigenvalue weighted by Crippen LogP contribution is 2.18. The van der Waals surface area contributed by atoms with Crippen molar-refractivity contribution in [3.8, 4) is 0 Å². The van der Waals surface area contributed by atoms with E-state index in [1.54, 1.807) is 4.72 Å². The third-order valence-electron chi connectivity index (χ3n) is 2.01. The topological polar surface area (TPSA) is 63.2 Å². The molecule has 1 amide bonds. The lowest BCUT2D eigenvalue weighted by atomic mass is 10.3. The maximum Gasteiger partial charge on any atom is 0.266 e. The molecule has 0 bridgehead atoms. The number of carbonyl (C=O) groups is 1. The summed E-state index contributed by atoms with van der Waals surface area (Å²) in [6.07, 6.45) is 1.79. The van der Waals surface area contributed by atoms with Crippen LogP contribution in [0.2, 0.25) is 5.02 Å². The number of nitrogens with one attached hydrogen (secondary N) is 1. The third-order valence-corrected chi connectivity index (χ3v) is 3.65. The van der Waals surface area contributed by atoms with E-state index in [1.165, 1.54) is 12.1 Å². The predicted molar refractivity (Wildman–Crippen MR) is 66.2 cm³/mol. The molecule has 1 aromatic rings. The lowest BCUT2D eigenvalue weighted by molar-refractivity contribution is -0.119. The van der Waals surface area contributed by atoms with Gasteiger partial charge in [-0.2, -0.15) is 0 Å². The van der Waals surface area contributed by atoms with Crippen molar-refractivity contribution in [2.45, 2.75) is 17.7 Å². The average molecular weight is 292 g/mol. The van der Waals surface area contributed by atoms with Gasteiger partial charge in [0, 0.05) is 11.4 Å². The molecule has 0 heterocycles. The van der Waals surface area contributed by atoms with Crippen LogP contribution in [0.5, 0.6) is 0 Å². The molecule has 0 aliphatic carbocycles. The number of sulfonamides is 1. The minimum Gasteiger partial charge on any atom is -0.274 e. The molecule has 0 saturated carbocycles. The van der Waals surface area contributed by atoms with E-state index in [0.717, 1.165) is 12.1 Å². The summed E-state index contributed by atoms with van der Waals surface area (Å²) < 4.78 is 38.6. The van der Waals surface area contributed by atoms with E-state index in [-0.39, 0.29) is 11.4 Å².